The molecule has 2 aliphatic rings. The molecule has 2 aromatic heterocycles. The Morgan fingerprint density at radius 1 is 1.24 bits per heavy atom. The van der Waals surface area contributed by atoms with Crippen molar-refractivity contribution in [2.24, 2.45) is 5.92 Å². The van der Waals surface area contributed by atoms with Crippen LogP contribution >= 0.6 is 0 Å². The Morgan fingerprint density at radius 3 is 2.73 bits per heavy atom. The number of aromatic nitrogens is 4. The molecule has 1 saturated carbocycles. The van der Waals surface area contributed by atoms with E-state index in [0.717, 1.165) is 25.7 Å². The maximum atomic E-state index is 14.9. The summed E-state index contributed by atoms with van der Waals surface area (Å²) in [6.07, 6.45) is 6.57. The molecule has 2 heterocycles. The van der Waals surface area contributed by atoms with Crippen LogP contribution in [-0.4, -0.2) is 48.4 Å². The fourth-order valence-corrected chi connectivity index (χ4v) is 4.96. The number of fused-ring (bicyclic) bond motifs is 1. The van der Waals surface area contributed by atoms with Gasteiger partial charge in [-0.15, -0.1) is 0 Å². The van der Waals surface area contributed by atoms with E-state index in [2.05, 4.69) is 20.6 Å². The van der Waals surface area contributed by atoms with Gasteiger partial charge in [-0.1, -0.05) is 25.0 Å². The van der Waals surface area contributed by atoms with Gasteiger partial charge in [0.05, 0.1) is 23.9 Å². The number of phenolic OH excluding ortho intramolecular Hbond substituents is 1. The lowest BCUT2D eigenvalue weighted by atomic mass is 9.98. The third-order valence-electron chi connectivity index (χ3n) is 6.69. The van der Waals surface area contributed by atoms with E-state index in [1.807, 2.05) is 0 Å². The number of phenols is 1. The molecule has 11 nitrogen and oxygen atoms in total. The van der Waals surface area contributed by atoms with Gasteiger partial charge < -0.3 is 26.6 Å². The van der Waals surface area contributed by atoms with Crippen LogP contribution in [0.25, 0.3) is 16.9 Å². The molecule has 1 aromatic carbocycles. The number of nitrogen functional groups attached to an aromatic ring is 1. The van der Waals surface area contributed by atoms with E-state index in [-0.39, 0.29) is 60.4 Å². The normalized spacial score (nSPS) is 18.1. The first-order valence-corrected chi connectivity index (χ1v) is 12.2. The predicted molar refractivity (Wildman–Crippen MR) is 136 cm³/mol. The maximum Gasteiger partial charge on any atom is 0.335 e. The number of carbonyl (C=O) groups excluding carboxylic acids is 1. The zero-order valence-corrected chi connectivity index (χ0v) is 20.0. The molecule has 6 N–H and O–H groups in total. The summed E-state index contributed by atoms with van der Waals surface area (Å²) in [7, 11) is 0. The van der Waals surface area contributed by atoms with E-state index in [1.165, 1.54) is 28.9 Å². The van der Waals surface area contributed by atoms with Gasteiger partial charge in [0.15, 0.2) is 11.5 Å². The second kappa shape index (κ2) is 10.1. The molecule has 194 valence electrons. The van der Waals surface area contributed by atoms with E-state index in [4.69, 9.17) is 10.8 Å². The smallest absolute Gasteiger partial charge is 0.335 e. The summed E-state index contributed by atoms with van der Waals surface area (Å²) in [6, 6.07) is 6.22. The van der Waals surface area contributed by atoms with Gasteiger partial charge in [-0.2, -0.15) is 9.97 Å². The van der Waals surface area contributed by atoms with Crippen molar-refractivity contribution < 1.29 is 19.4 Å². The number of halogens is 1. The highest BCUT2D eigenvalue weighted by atomic mass is 19.1. The van der Waals surface area contributed by atoms with Crippen LogP contribution in [0.2, 0.25) is 0 Å². The van der Waals surface area contributed by atoms with Crippen molar-refractivity contribution in [3.63, 3.8) is 0 Å². The number of aliphatic hydroxyl groups excluding tert-OH is 1. The minimum atomic E-state index is -0.700. The van der Waals surface area contributed by atoms with Crippen LogP contribution in [0.4, 0.5) is 16.2 Å². The molecular formula is C25H28FN7O4. The third-order valence-corrected chi connectivity index (χ3v) is 6.69. The van der Waals surface area contributed by atoms with Crippen LogP contribution in [0.1, 0.15) is 38.1 Å². The molecule has 0 bridgehead atoms. The Balaban J connectivity index is 1.53. The highest BCUT2D eigenvalue weighted by molar-refractivity contribution is 5.86. The molecule has 0 saturated heterocycles. The number of nitrogens with two attached hydrogens (primary N) is 1. The summed E-state index contributed by atoms with van der Waals surface area (Å²) in [4.78, 5) is 34.6. The van der Waals surface area contributed by atoms with E-state index in [0.29, 0.717) is 16.9 Å². The number of aromatic hydroxyl groups is 1. The lowest BCUT2D eigenvalue weighted by molar-refractivity contribution is -0.123. The Hall–Kier alpha value is -4.19. The van der Waals surface area contributed by atoms with Crippen molar-refractivity contribution in [1.29, 1.82) is 0 Å². The van der Waals surface area contributed by atoms with E-state index in [9.17, 15) is 19.1 Å². The second-order valence-electron chi connectivity index (χ2n) is 9.17. The highest BCUT2D eigenvalue weighted by Crippen LogP contribution is 2.33. The van der Waals surface area contributed by atoms with Crippen molar-refractivity contribution >= 4 is 28.8 Å². The number of amides is 1. The number of hydrogen-bond acceptors (Lipinski definition) is 8. The van der Waals surface area contributed by atoms with Gasteiger partial charge in [0.2, 0.25) is 11.9 Å². The molecule has 1 amide bonds. The minimum Gasteiger partial charge on any atom is -0.508 e. The molecule has 0 spiro atoms. The molecule has 3 aromatic rings. The number of aliphatic hydroxyl groups is 1. The Kier molecular flexibility index (Phi) is 6.66. The lowest BCUT2D eigenvalue weighted by Gasteiger charge is -2.18. The molecule has 2 aliphatic carbocycles. The van der Waals surface area contributed by atoms with Crippen molar-refractivity contribution in [3.8, 4) is 11.4 Å². The predicted octanol–water partition coefficient (Wildman–Crippen LogP) is 2.26. The van der Waals surface area contributed by atoms with Crippen LogP contribution in [0.3, 0.4) is 0 Å². The molecule has 0 radical (unpaired) electrons. The fourth-order valence-electron chi connectivity index (χ4n) is 4.96. The monoisotopic (exact) mass is 509 g/mol. The summed E-state index contributed by atoms with van der Waals surface area (Å²) in [5.41, 5.74) is 7.13. The number of hydrogen-bond donors (Lipinski definition) is 5. The topological polar surface area (TPSA) is 160 Å². The van der Waals surface area contributed by atoms with Gasteiger partial charge in [0.25, 0.3) is 0 Å². The largest absolute Gasteiger partial charge is 0.508 e. The highest BCUT2D eigenvalue weighted by Gasteiger charge is 2.28. The molecule has 1 fully saturated rings. The summed E-state index contributed by atoms with van der Waals surface area (Å²) in [5, 5.41) is 24.2. The van der Waals surface area contributed by atoms with Crippen molar-refractivity contribution in [2.45, 2.75) is 38.1 Å². The van der Waals surface area contributed by atoms with Gasteiger partial charge in [-0.3, -0.25) is 13.9 Å². The number of rotatable bonds is 7. The quantitative estimate of drug-likeness (QED) is 0.324. The molecular weight excluding hydrogens is 481 g/mol. The fraction of sp³-hybridized carbons (Fsp3) is 0.360. The Bertz CT molecular complexity index is 1470. The van der Waals surface area contributed by atoms with Gasteiger partial charge in [-0.25, -0.2) is 9.18 Å². The lowest BCUT2D eigenvalue weighted by Crippen LogP contribution is -2.32. The van der Waals surface area contributed by atoms with Gasteiger partial charge in [0.1, 0.15) is 17.1 Å². The summed E-state index contributed by atoms with van der Waals surface area (Å²) >= 11 is 0. The van der Waals surface area contributed by atoms with Crippen molar-refractivity contribution in [3.05, 3.63) is 58.4 Å². The SMILES string of the molecule is Nc1nc(NC2=CCC(C(=O)NCCO)C=C2F)nc2c1n(-c1cccc(O)c1)c(=O)n2C1CCCC1. The molecule has 1 unspecified atom stereocenters. The van der Waals surface area contributed by atoms with Gasteiger partial charge in [0, 0.05) is 18.7 Å². The molecule has 0 aliphatic heterocycles. The Labute approximate surface area is 211 Å². The first kappa shape index (κ1) is 24.5. The molecule has 5 rings (SSSR count). The van der Waals surface area contributed by atoms with Crippen LogP contribution < -0.4 is 22.1 Å². The van der Waals surface area contributed by atoms with Crippen LogP contribution in [0.15, 0.2) is 52.7 Å². The first-order chi connectivity index (χ1) is 17.9. The van der Waals surface area contributed by atoms with Crippen LogP contribution in [-0.2, 0) is 4.79 Å². The minimum absolute atomic E-state index is 0.00112. The van der Waals surface area contributed by atoms with E-state index < -0.39 is 11.7 Å². The summed E-state index contributed by atoms with van der Waals surface area (Å²) in [6.45, 7) is -0.106. The van der Waals surface area contributed by atoms with Crippen LogP contribution in [0, 0.1) is 5.92 Å². The number of benzene rings is 1. The number of imidazole rings is 1. The zero-order chi connectivity index (χ0) is 26.1. The average molecular weight is 510 g/mol. The van der Waals surface area contributed by atoms with Crippen LogP contribution in [0.5, 0.6) is 5.75 Å². The van der Waals surface area contributed by atoms with Crippen molar-refractivity contribution in [2.75, 3.05) is 24.2 Å². The maximum absolute atomic E-state index is 14.9. The zero-order valence-electron chi connectivity index (χ0n) is 20.0. The third kappa shape index (κ3) is 4.67. The van der Waals surface area contributed by atoms with Gasteiger partial charge >= 0.3 is 5.69 Å². The summed E-state index contributed by atoms with van der Waals surface area (Å²) in [5.74, 6) is -1.69. The average Bonchev–Trinajstić information content (AvgIpc) is 3.49. The molecule has 12 heteroatoms. The Morgan fingerprint density at radius 2 is 2.03 bits per heavy atom. The number of carbonyl (C=O) groups is 1. The van der Waals surface area contributed by atoms with Crippen molar-refractivity contribution in [1.82, 2.24) is 24.4 Å². The van der Waals surface area contributed by atoms with E-state index in [1.54, 1.807) is 16.7 Å². The summed E-state index contributed by atoms with van der Waals surface area (Å²) < 4.78 is 17.9. The first-order valence-electron chi connectivity index (χ1n) is 12.2. The standard InChI is InChI=1S/C25H28FN7O4/c26-18-12-14(23(36)28-10-11-34)8-9-19(18)29-24-30-21(27)20-22(31-24)33(15-4-1-2-5-15)25(37)32(20)16-6-3-7-17(35)13-16/h3,6-7,9,12-15,34-35H,1-2,4-5,8,10-11H2,(H,28,36)(H3,27,29,30,31). The number of nitrogens with zero attached hydrogens (tertiary/aromatic N) is 4. The number of nitrogens with one attached hydrogen (secondary N) is 2. The van der Waals surface area contributed by atoms with Gasteiger partial charge in [-0.05, 0) is 37.5 Å². The number of allylic oxidation sites excluding steroid dienone is 2. The second-order valence-corrected chi connectivity index (χ2v) is 9.17. The number of anilines is 2. The molecule has 1 atom stereocenters. The molecule has 37 heavy (non-hydrogen) atoms. The van der Waals surface area contributed by atoms with E-state index >= 15 is 0 Å².